The summed E-state index contributed by atoms with van der Waals surface area (Å²) in [5.41, 5.74) is 1.59. The van der Waals surface area contributed by atoms with E-state index in [1.165, 1.54) is 30.6 Å². The Morgan fingerprint density at radius 1 is 1.14 bits per heavy atom. The first-order valence-electron chi connectivity index (χ1n) is 6.50. The molecule has 108 valence electrons. The second-order valence-corrected chi connectivity index (χ2v) is 4.61. The highest BCUT2D eigenvalue weighted by Gasteiger charge is 2.09. The highest BCUT2D eigenvalue weighted by molar-refractivity contribution is 5.90. The molecule has 3 rings (SSSR count). The van der Waals surface area contributed by atoms with Crippen molar-refractivity contribution in [3.8, 4) is 0 Å². The van der Waals surface area contributed by atoms with Gasteiger partial charge in [0.05, 0.1) is 16.1 Å². The normalized spacial score (nSPS) is 11.5. The fourth-order valence-electron chi connectivity index (χ4n) is 2.13. The van der Waals surface area contributed by atoms with Gasteiger partial charge in [-0.05, 0) is 6.07 Å². The first-order chi connectivity index (χ1) is 10.6. The molecule has 3 aromatic rings. The largest absolute Gasteiger partial charge is 0.507 e. The van der Waals surface area contributed by atoms with Crippen molar-refractivity contribution >= 4 is 28.4 Å². The molecular formula is C16H11N3O3. The van der Waals surface area contributed by atoms with E-state index in [-0.39, 0.29) is 11.4 Å². The monoisotopic (exact) mass is 293 g/mol. The van der Waals surface area contributed by atoms with Crippen LogP contribution in [-0.2, 0) is 0 Å². The Morgan fingerprint density at radius 3 is 2.77 bits per heavy atom. The molecule has 1 aromatic heterocycles. The summed E-state index contributed by atoms with van der Waals surface area (Å²) in [5, 5.41) is 21.8. The second-order valence-electron chi connectivity index (χ2n) is 4.61. The molecule has 6 nitrogen and oxygen atoms in total. The predicted octanol–water partition coefficient (Wildman–Crippen LogP) is 3.59. The van der Waals surface area contributed by atoms with Crippen LogP contribution in [0.25, 0.3) is 22.7 Å². The topological polar surface area (TPSA) is 89.2 Å². The molecular weight excluding hydrogens is 282 g/mol. The molecule has 2 aromatic carbocycles. The number of aliphatic hydroxyl groups is 1. The van der Waals surface area contributed by atoms with Crippen molar-refractivity contribution in [2.75, 3.05) is 0 Å². The minimum Gasteiger partial charge on any atom is -0.507 e. The Labute approximate surface area is 125 Å². The molecule has 6 heteroatoms. The molecule has 0 aliphatic heterocycles. The summed E-state index contributed by atoms with van der Waals surface area (Å²) in [6, 6.07) is 13.2. The van der Waals surface area contributed by atoms with Crippen LogP contribution in [0.4, 0.5) is 5.69 Å². The van der Waals surface area contributed by atoms with Crippen LogP contribution in [0.1, 0.15) is 11.3 Å². The number of para-hydroxylation sites is 1. The van der Waals surface area contributed by atoms with Crippen LogP contribution in [0.5, 0.6) is 0 Å². The maximum absolute atomic E-state index is 10.8. The Hall–Kier alpha value is -3.28. The number of nitro groups is 1. The SMILES string of the molecule is O=[N+]([O-])c1cccc(/C(O)=C/c2ncnc3ccccc23)c1. The third-order valence-corrected chi connectivity index (χ3v) is 3.20. The number of nitrogens with zero attached hydrogens (tertiary/aromatic N) is 3. The molecule has 0 atom stereocenters. The molecule has 0 radical (unpaired) electrons. The van der Waals surface area contributed by atoms with Crippen molar-refractivity contribution in [1.29, 1.82) is 0 Å². The third kappa shape index (κ3) is 2.62. The second kappa shape index (κ2) is 5.61. The predicted molar refractivity (Wildman–Crippen MR) is 83.1 cm³/mol. The Kier molecular flexibility index (Phi) is 3.49. The molecule has 0 amide bonds. The van der Waals surface area contributed by atoms with Crippen molar-refractivity contribution < 1.29 is 10.0 Å². The van der Waals surface area contributed by atoms with E-state index in [1.54, 1.807) is 6.07 Å². The van der Waals surface area contributed by atoms with Crippen molar-refractivity contribution in [3.63, 3.8) is 0 Å². The molecule has 1 N–H and O–H groups in total. The summed E-state index contributed by atoms with van der Waals surface area (Å²) in [4.78, 5) is 18.6. The number of hydrogen-bond donors (Lipinski definition) is 1. The van der Waals surface area contributed by atoms with Gasteiger partial charge in [0.2, 0.25) is 0 Å². The standard InChI is InChI=1S/C16H11N3O3/c20-16(11-4-3-5-12(8-11)19(21)22)9-15-13-6-1-2-7-14(13)17-10-18-15/h1-10,20H/b16-9-. The molecule has 0 aliphatic carbocycles. The van der Waals surface area contributed by atoms with Gasteiger partial charge in [-0.15, -0.1) is 0 Å². The van der Waals surface area contributed by atoms with E-state index in [0.29, 0.717) is 11.3 Å². The lowest BCUT2D eigenvalue weighted by atomic mass is 10.1. The minimum atomic E-state index is -0.503. The van der Waals surface area contributed by atoms with Crippen molar-refractivity contribution in [1.82, 2.24) is 9.97 Å². The summed E-state index contributed by atoms with van der Waals surface area (Å²) in [6.07, 6.45) is 2.89. The van der Waals surface area contributed by atoms with E-state index in [0.717, 1.165) is 10.9 Å². The first kappa shape index (κ1) is 13.7. The van der Waals surface area contributed by atoms with Gasteiger partial charge in [0.25, 0.3) is 5.69 Å². The summed E-state index contributed by atoms with van der Waals surface area (Å²) in [5.74, 6) is -0.0902. The molecule has 0 fully saturated rings. The molecule has 0 bridgehead atoms. The van der Waals surface area contributed by atoms with E-state index in [4.69, 9.17) is 0 Å². The maximum Gasteiger partial charge on any atom is 0.270 e. The van der Waals surface area contributed by atoms with Gasteiger partial charge in [-0.25, -0.2) is 9.97 Å². The number of benzene rings is 2. The van der Waals surface area contributed by atoms with Crippen LogP contribution in [0.3, 0.4) is 0 Å². The van der Waals surface area contributed by atoms with Gasteiger partial charge in [-0.1, -0.05) is 30.3 Å². The Bertz CT molecular complexity index is 885. The zero-order valence-corrected chi connectivity index (χ0v) is 11.4. The molecule has 22 heavy (non-hydrogen) atoms. The van der Waals surface area contributed by atoms with Crippen LogP contribution in [0.2, 0.25) is 0 Å². The highest BCUT2D eigenvalue weighted by Crippen LogP contribution is 2.22. The fraction of sp³-hybridized carbons (Fsp3) is 0. The van der Waals surface area contributed by atoms with Gasteiger partial charge >= 0.3 is 0 Å². The first-order valence-corrected chi connectivity index (χ1v) is 6.50. The lowest BCUT2D eigenvalue weighted by Crippen LogP contribution is -1.91. The van der Waals surface area contributed by atoms with Gasteiger partial charge < -0.3 is 5.11 Å². The van der Waals surface area contributed by atoms with E-state index < -0.39 is 4.92 Å². The number of rotatable bonds is 3. The molecule has 0 spiro atoms. The van der Waals surface area contributed by atoms with E-state index in [2.05, 4.69) is 9.97 Å². The van der Waals surface area contributed by atoms with Crippen molar-refractivity contribution in [3.05, 3.63) is 76.2 Å². The number of non-ortho nitro benzene ring substituents is 1. The quantitative estimate of drug-likeness (QED) is 0.453. The number of aromatic nitrogens is 2. The highest BCUT2D eigenvalue weighted by atomic mass is 16.6. The van der Waals surface area contributed by atoms with Crippen LogP contribution in [0.15, 0.2) is 54.9 Å². The summed E-state index contributed by atoms with van der Waals surface area (Å²) < 4.78 is 0. The lowest BCUT2D eigenvalue weighted by Gasteiger charge is -2.03. The molecule has 0 unspecified atom stereocenters. The molecule has 0 saturated heterocycles. The number of fused-ring (bicyclic) bond motifs is 1. The molecule has 1 heterocycles. The van der Waals surface area contributed by atoms with Gasteiger partial charge in [-0.2, -0.15) is 0 Å². The van der Waals surface area contributed by atoms with Crippen molar-refractivity contribution in [2.24, 2.45) is 0 Å². The van der Waals surface area contributed by atoms with Gasteiger partial charge in [-0.3, -0.25) is 10.1 Å². The molecule has 0 saturated carbocycles. The average molecular weight is 293 g/mol. The van der Waals surface area contributed by atoms with E-state index >= 15 is 0 Å². The van der Waals surface area contributed by atoms with Crippen LogP contribution in [0, 0.1) is 10.1 Å². The van der Waals surface area contributed by atoms with Crippen molar-refractivity contribution in [2.45, 2.75) is 0 Å². The summed E-state index contributed by atoms with van der Waals surface area (Å²) in [6.45, 7) is 0. The number of aliphatic hydroxyl groups excluding tert-OH is 1. The van der Waals surface area contributed by atoms with E-state index in [9.17, 15) is 15.2 Å². The average Bonchev–Trinajstić information content (AvgIpc) is 2.55. The van der Waals surface area contributed by atoms with Gasteiger partial charge in [0.15, 0.2) is 0 Å². The summed E-state index contributed by atoms with van der Waals surface area (Å²) >= 11 is 0. The zero-order chi connectivity index (χ0) is 15.5. The smallest absolute Gasteiger partial charge is 0.270 e. The fourth-order valence-corrected chi connectivity index (χ4v) is 2.13. The minimum absolute atomic E-state index is 0.0787. The lowest BCUT2D eigenvalue weighted by molar-refractivity contribution is -0.384. The van der Waals surface area contributed by atoms with Crippen LogP contribution in [-0.4, -0.2) is 20.0 Å². The molecule has 0 aliphatic rings. The Balaban J connectivity index is 2.07. The van der Waals surface area contributed by atoms with E-state index in [1.807, 2.05) is 24.3 Å². The van der Waals surface area contributed by atoms with Crippen LogP contribution >= 0.6 is 0 Å². The third-order valence-electron chi connectivity index (χ3n) is 3.20. The summed E-state index contributed by atoms with van der Waals surface area (Å²) in [7, 11) is 0. The number of nitro benzene ring substituents is 1. The van der Waals surface area contributed by atoms with Crippen LogP contribution < -0.4 is 0 Å². The zero-order valence-electron chi connectivity index (χ0n) is 11.4. The van der Waals surface area contributed by atoms with Gasteiger partial charge in [0, 0.05) is 29.2 Å². The number of hydrogen-bond acceptors (Lipinski definition) is 5. The van der Waals surface area contributed by atoms with Gasteiger partial charge in [0.1, 0.15) is 12.1 Å². The maximum atomic E-state index is 10.8. The Morgan fingerprint density at radius 2 is 1.95 bits per heavy atom.